The third kappa shape index (κ3) is 2.82. The normalized spacial score (nSPS) is 12.5. The molecule has 0 aromatic carbocycles. The molecular formula is C9H14N2OS. The van der Waals surface area contributed by atoms with Gasteiger partial charge in [0.1, 0.15) is 0 Å². The lowest BCUT2D eigenvalue weighted by atomic mass is 10.3. The SMILES string of the molecule is C[C@H](N)C(=O)N(C)Cc1cccs1. The molecule has 0 aliphatic heterocycles. The number of nitrogens with zero attached hydrogens (tertiary/aromatic N) is 1. The molecule has 0 spiro atoms. The van der Waals surface area contributed by atoms with Crippen molar-refractivity contribution in [3.8, 4) is 0 Å². The van der Waals surface area contributed by atoms with Crippen molar-refractivity contribution in [3.05, 3.63) is 22.4 Å². The molecule has 0 fully saturated rings. The van der Waals surface area contributed by atoms with E-state index in [-0.39, 0.29) is 5.91 Å². The van der Waals surface area contributed by atoms with Crippen LogP contribution in [0.5, 0.6) is 0 Å². The van der Waals surface area contributed by atoms with Crippen molar-refractivity contribution in [1.29, 1.82) is 0 Å². The number of likely N-dealkylation sites (N-methyl/N-ethyl adjacent to an activating group) is 1. The maximum Gasteiger partial charge on any atom is 0.239 e. The van der Waals surface area contributed by atoms with Gasteiger partial charge in [0.05, 0.1) is 12.6 Å². The van der Waals surface area contributed by atoms with E-state index in [1.54, 1.807) is 30.2 Å². The van der Waals surface area contributed by atoms with E-state index in [0.717, 1.165) is 0 Å². The number of amides is 1. The number of nitrogens with two attached hydrogens (primary N) is 1. The summed E-state index contributed by atoms with van der Waals surface area (Å²) in [7, 11) is 1.77. The number of carbonyl (C=O) groups is 1. The zero-order chi connectivity index (χ0) is 9.84. The van der Waals surface area contributed by atoms with Crippen molar-refractivity contribution in [3.63, 3.8) is 0 Å². The Bertz CT molecular complexity index is 269. The number of thiophene rings is 1. The van der Waals surface area contributed by atoms with Gasteiger partial charge in [-0.05, 0) is 18.4 Å². The smallest absolute Gasteiger partial charge is 0.239 e. The van der Waals surface area contributed by atoms with Crippen molar-refractivity contribution in [2.24, 2.45) is 5.73 Å². The maximum atomic E-state index is 11.4. The lowest BCUT2D eigenvalue weighted by Crippen LogP contribution is -2.39. The quantitative estimate of drug-likeness (QED) is 0.789. The topological polar surface area (TPSA) is 46.3 Å². The molecule has 2 N–H and O–H groups in total. The largest absolute Gasteiger partial charge is 0.339 e. The van der Waals surface area contributed by atoms with E-state index in [0.29, 0.717) is 6.54 Å². The molecule has 1 aromatic rings. The molecule has 1 amide bonds. The standard InChI is InChI=1S/C9H14N2OS/c1-7(10)9(12)11(2)6-8-4-3-5-13-8/h3-5,7H,6,10H2,1-2H3/t7-/m0/s1. The van der Waals surface area contributed by atoms with Crippen LogP contribution in [0.4, 0.5) is 0 Å². The molecule has 13 heavy (non-hydrogen) atoms. The zero-order valence-corrected chi connectivity index (χ0v) is 8.67. The third-order valence-corrected chi connectivity index (χ3v) is 2.60. The van der Waals surface area contributed by atoms with Gasteiger partial charge in [0.2, 0.25) is 5.91 Å². The highest BCUT2D eigenvalue weighted by Gasteiger charge is 2.13. The summed E-state index contributed by atoms with van der Waals surface area (Å²) in [5.74, 6) is -0.0200. The fourth-order valence-corrected chi connectivity index (χ4v) is 1.82. The Morgan fingerprint density at radius 1 is 1.77 bits per heavy atom. The average Bonchev–Trinajstić information content (AvgIpc) is 2.55. The highest BCUT2D eigenvalue weighted by Crippen LogP contribution is 2.10. The Hall–Kier alpha value is -0.870. The predicted molar refractivity (Wildman–Crippen MR) is 54.4 cm³/mol. The molecule has 0 aliphatic rings. The van der Waals surface area contributed by atoms with E-state index < -0.39 is 6.04 Å². The van der Waals surface area contributed by atoms with E-state index in [1.165, 1.54) is 4.88 Å². The molecule has 0 unspecified atom stereocenters. The summed E-state index contributed by atoms with van der Waals surface area (Å²) in [6.07, 6.45) is 0. The minimum absolute atomic E-state index is 0.0200. The van der Waals surface area contributed by atoms with Crippen molar-refractivity contribution < 1.29 is 4.79 Å². The van der Waals surface area contributed by atoms with Crippen LogP contribution in [0.3, 0.4) is 0 Å². The fourth-order valence-electron chi connectivity index (χ4n) is 1.06. The molecule has 3 nitrogen and oxygen atoms in total. The molecule has 0 aliphatic carbocycles. The Kier molecular flexibility index (Phi) is 3.45. The second kappa shape index (κ2) is 4.39. The van der Waals surface area contributed by atoms with Crippen molar-refractivity contribution in [1.82, 2.24) is 4.90 Å². The van der Waals surface area contributed by atoms with E-state index in [1.807, 2.05) is 17.5 Å². The van der Waals surface area contributed by atoms with E-state index in [4.69, 9.17) is 5.73 Å². The third-order valence-electron chi connectivity index (χ3n) is 1.74. The van der Waals surface area contributed by atoms with Crippen LogP contribution in [0.1, 0.15) is 11.8 Å². The van der Waals surface area contributed by atoms with Crippen molar-refractivity contribution in [2.75, 3.05) is 7.05 Å². The van der Waals surface area contributed by atoms with Crippen LogP contribution >= 0.6 is 11.3 Å². The molecule has 0 radical (unpaired) electrons. The van der Waals surface area contributed by atoms with Crippen molar-refractivity contribution in [2.45, 2.75) is 19.5 Å². The van der Waals surface area contributed by atoms with Gasteiger partial charge in [-0.3, -0.25) is 4.79 Å². The fraction of sp³-hybridized carbons (Fsp3) is 0.444. The van der Waals surface area contributed by atoms with E-state index in [2.05, 4.69) is 0 Å². The molecule has 1 heterocycles. The Balaban J connectivity index is 2.51. The lowest BCUT2D eigenvalue weighted by molar-refractivity contribution is -0.131. The molecular weight excluding hydrogens is 184 g/mol. The molecule has 0 saturated heterocycles. The first-order chi connectivity index (χ1) is 6.11. The van der Waals surface area contributed by atoms with Gasteiger partial charge in [-0.15, -0.1) is 11.3 Å². The first-order valence-corrected chi connectivity index (χ1v) is 5.02. The summed E-state index contributed by atoms with van der Waals surface area (Å²) in [5.41, 5.74) is 5.48. The number of carbonyl (C=O) groups excluding carboxylic acids is 1. The number of hydrogen-bond donors (Lipinski definition) is 1. The minimum Gasteiger partial charge on any atom is -0.339 e. The molecule has 4 heteroatoms. The number of rotatable bonds is 3. The molecule has 0 bridgehead atoms. The molecule has 72 valence electrons. The van der Waals surface area contributed by atoms with Gasteiger partial charge in [0.15, 0.2) is 0 Å². The van der Waals surface area contributed by atoms with Crippen LogP contribution in [0.2, 0.25) is 0 Å². The van der Waals surface area contributed by atoms with Crippen LogP contribution in [0.15, 0.2) is 17.5 Å². The van der Waals surface area contributed by atoms with Crippen LogP contribution in [0, 0.1) is 0 Å². The van der Waals surface area contributed by atoms with Gasteiger partial charge in [0.25, 0.3) is 0 Å². The summed E-state index contributed by atoms with van der Waals surface area (Å²) in [6, 6.07) is 3.57. The Labute approximate surface area is 82.2 Å². The summed E-state index contributed by atoms with van der Waals surface area (Å²) >= 11 is 1.65. The van der Waals surface area contributed by atoms with Gasteiger partial charge in [-0.2, -0.15) is 0 Å². The first kappa shape index (κ1) is 10.2. The molecule has 1 aromatic heterocycles. The highest BCUT2D eigenvalue weighted by molar-refractivity contribution is 7.09. The van der Waals surface area contributed by atoms with Crippen LogP contribution in [-0.2, 0) is 11.3 Å². The minimum atomic E-state index is -0.412. The Morgan fingerprint density at radius 3 is 2.92 bits per heavy atom. The first-order valence-electron chi connectivity index (χ1n) is 4.14. The summed E-state index contributed by atoms with van der Waals surface area (Å²) < 4.78 is 0. The summed E-state index contributed by atoms with van der Waals surface area (Å²) in [5, 5.41) is 2.00. The second-order valence-electron chi connectivity index (χ2n) is 3.06. The van der Waals surface area contributed by atoms with Gasteiger partial charge in [0, 0.05) is 11.9 Å². The molecule has 0 saturated carbocycles. The van der Waals surface area contributed by atoms with Gasteiger partial charge in [-0.1, -0.05) is 6.07 Å². The van der Waals surface area contributed by atoms with E-state index >= 15 is 0 Å². The lowest BCUT2D eigenvalue weighted by Gasteiger charge is -2.18. The Morgan fingerprint density at radius 2 is 2.46 bits per heavy atom. The molecule has 1 rings (SSSR count). The number of hydrogen-bond acceptors (Lipinski definition) is 3. The van der Waals surface area contributed by atoms with Crippen LogP contribution in [0.25, 0.3) is 0 Å². The maximum absolute atomic E-state index is 11.4. The molecule has 1 atom stereocenters. The van der Waals surface area contributed by atoms with Gasteiger partial charge in [-0.25, -0.2) is 0 Å². The van der Waals surface area contributed by atoms with E-state index in [9.17, 15) is 4.79 Å². The highest BCUT2D eigenvalue weighted by atomic mass is 32.1. The monoisotopic (exact) mass is 198 g/mol. The zero-order valence-electron chi connectivity index (χ0n) is 7.86. The van der Waals surface area contributed by atoms with Gasteiger partial charge < -0.3 is 10.6 Å². The summed E-state index contributed by atoms with van der Waals surface area (Å²) in [4.78, 5) is 14.2. The van der Waals surface area contributed by atoms with Crippen molar-refractivity contribution >= 4 is 17.2 Å². The summed E-state index contributed by atoms with van der Waals surface area (Å²) in [6.45, 7) is 2.35. The second-order valence-corrected chi connectivity index (χ2v) is 4.09. The average molecular weight is 198 g/mol. The predicted octanol–water partition coefficient (Wildman–Crippen LogP) is 1.05. The van der Waals surface area contributed by atoms with Gasteiger partial charge >= 0.3 is 0 Å². The van der Waals surface area contributed by atoms with Crippen LogP contribution in [-0.4, -0.2) is 23.9 Å². The van der Waals surface area contributed by atoms with Crippen LogP contribution < -0.4 is 5.73 Å².